The first kappa shape index (κ1) is 54.2. The van der Waals surface area contributed by atoms with Crippen molar-refractivity contribution in [3.63, 3.8) is 0 Å². The topological polar surface area (TPSA) is 71.1 Å². The highest BCUT2D eigenvalue weighted by atomic mass is 16.5. The van der Waals surface area contributed by atoms with Crippen molar-refractivity contribution in [1.29, 1.82) is 0 Å². The smallest absolute Gasteiger partial charge is 0.308 e. The van der Waals surface area contributed by atoms with Crippen molar-refractivity contribution in [3.05, 3.63) is 182 Å². The number of carbonyl (C=O) groups is 2. The van der Waals surface area contributed by atoms with Gasteiger partial charge < -0.3 is 18.9 Å². The Morgan fingerprint density at radius 3 is 1.70 bits per heavy atom. The van der Waals surface area contributed by atoms with Gasteiger partial charge in [0.15, 0.2) is 0 Å². The zero-order valence-corrected chi connectivity index (χ0v) is 40.2. The van der Waals surface area contributed by atoms with Crippen molar-refractivity contribution < 1.29 is 28.5 Å². The second-order valence-electron chi connectivity index (χ2n) is 16.7. The summed E-state index contributed by atoms with van der Waals surface area (Å²) >= 11 is 0. The first-order valence-electron chi connectivity index (χ1n) is 22.5. The third-order valence-corrected chi connectivity index (χ3v) is 10.6. The predicted octanol–water partition coefficient (Wildman–Crippen LogP) is 15.2. The minimum Gasteiger partial charge on any atom is -0.493 e. The molecule has 0 aliphatic rings. The molecule has 2 atom stereocenters. The summed E-state index contributed by atoms with van der Waals surface area (Å²) < 4.78 is 23.7. The number of allylic oxidation sites excluding steroid dienone is 5. The maximum Gasteiger partial charge on any atom is 0.308 e. The van der Waals surface area contributed by atoms with E-state index >= 15 is 0 Å². The second-order valence-corrected chi connectivity index (χ2v) is 16.7. The molecule has 0 radical (unpaired) electrons. The number of ether oxygens (including phenoxy) is 4. The lowest BCUT2D eigenvalue weighted by Gasteiger charge is -2.35. The van der Waals surface area contributed by atoms with E-state index < -0.39 is 11.4 Å². The zero-order valence-electron chi connectivity index (χ0n) is 40.2. The quantitative estimate of drug-likeness (QED) is 0.0206. The monoisotopic (exact) mass is 867 g/mol. The summed E-state index contributed by atoms with van der Waals surface area (Å²) in [6, 6.07) is 31.6. The Bertz CT molecular complexity index is 2190. The second kappa shape index (κ2) is 27.9. The number of hydrogen-bond acceptors (Lipinski definition) is 6. The Labute approximate surface area is 386 Å². The minimum atomic E-state index is -0.501. The Hall–Kier alpha value is -5.98. The average molecular weight is 867 g/mol. The van der Waals surface area contributed by atoms with Crippen LogP contribution in [0.1, 0.15) is 121 Å². The van der Waals surface area contributed by atoms with E-state index in [4.69, 9.17) is 18.9 Å². The largest absolute Gasteiger partial charge is 0.493 e. The first-order valence-corrected chi connectivity index (χ1v) is 22.5. The fourth-order valence-corrected chi connectivity index (χ4v) is 7.19. The molecule has 2 unspecified atom stereocenters. The van der Waals surface area contributed by atoms with Crippen LogP contribution in [0.15, 0.2) is 148 Å². The van der Waals surface area contributed by atoms with Crippen molar-refractivity contribution in [3.8, 4) is 11.5 Å². The highest BCUT2D eigenvalue weighted by Gasteiger charge is 2.31. The fourth-order valence-electron chi connectivity index (χ4n) is 7.19. The molecule has 6 heteroatoms. The van der Waals surface area contributed by atoms with Gasteiger partial charge in [-0.1, -0.05) is 159 Å². The van der Waals surface area contributed by atoms with Crippen molar-refractivity contribution >= 4 is 34.9 Å². The van der Waals surface area contributed by atoms with Crippen LogP contribution in [0, 0.1) is 10.8 Å². The summed E-state index contributed by atoms with van der Waals surface area (Å²) in [7, 11) is 0. The van der Waals surface area contributed by atoms with Gasteiger partial charge in [-0.3, -0.25) is 9.59 Å². The molecule has 0 heterocycles. The van der Waals surface area contributed by atoms with E-state index in [0.29, 0.717) is 50.0 Å². The first-order chi connectivity index (χ1) is 30.6. The van der Waals surface area contributed by atoms with Crippen LogP contribution in [0.2, 0.25) is 0 Å². The summed E-state index contributed by atoms with van der Waals surface area (Å²) in [5.74, 6) is 0.974. The molecule has 0 bridgehead atoms. The van der Waals surface area contributed by atoms with Gasteiger partial charge in [-0.05, 0) is 126 Å². The van der Waals surface area contributed by atoms with Crippen LogP contribution in [0.5, 0.6) is 11.5 Å². The molecule has 0 saturated heterocycles. The zero-order chi connectivity index (χ0) is 47.7. The Balaban J connectivity index is 0.00000342. The van der Waals surface area contributed by atoms with E-state index in [1.54, 1.807) is 24.3 Å². The van der Waals surface area contributed by atoms with Gasteiger partial charge in [-0.2, -0.15) is 0 Å². The summed E-state index contributed by atoms with van der Waals surface area (Å²) in [4.78, 5) is 22.7. The Morgan fingerprint density at radius 2 is 1.12 bits per heavy atom. The predicted molar refractivity (Wildman–Crippen MR) is 271 cm³/mol. The lowest BCUT2D eigenvalue weighted by atomic mass is 9.78. The van der Waals surface area contributed by atoms with Gasteiger partial charge in [-0.25, -0.2) is 0 Å². The molecule has 6 nitrogen and oxygen atoms in total. The van der Waals surface area contributed by atoms with Gasteiger partial charge in [0.1, 0.15) is 17.3 Å². The molecule has 0 N–H and O–H groups in total. The SMILES string of the molecule is C=CCc1cccc(C(=C)CC(C)(COCC(C)(CCC(=C)c2cccc(CC(=C)C)c2)CCC(=C)c2cccc(OC=O)c2)COC(=C)c2cccc(OC(C)=O)c2)c1.CC.CC. The lowest BCUT2D eigenvalue weighted by molar-refractivity contribution is -0.131. The van der Waals surface area contributed by atoms with E-state index in [0.717, 1.165) is 83.1 Å². The molecule has 64 heavy (non-hydrogen) atoms. The maximum absolute atomic E-state index is 11.6. The van der Waals surface area contributed by atoms with Crippen LogP contribution in [0.3, 0.4) is 0 Å². The maximum atomic E-state index is 11.6. The van der Waals surface area contributed by atoms with Crippen LogP contribution in [0.25, 0.3) is 22.5 Å². The summed E-state index contributed by atoms with van der Waals surface area (Å²) in [6.45, 7) is 43.1. The number of rotatable bonds is 26. The summed E-state index contributed by atoms with van der Waals surface area (Å²) in [5, 5.41) is 0. The molecule has 0 aliphatic carbocycles. The molecule has 0 saturated carbocycles. The highest BCUT2D eigenvalue weighted by molar-refractivity contribution is 5.70. The van der Waals surface area contributed by atoms with Crippen molar-refractivity contribution in [2.45, 2.75) is 100 Å². The molecule has 4 aromatic carbocycles. The minimum absolute atomic E-state index is 0.253. The van der Waals surface area contributed by atoms with E-state index in [2.05, 4.69) is 102 Å². The average Bonchev–Trinajstić information content (AvgIpc) is 3.28. The van der Waals surface area contributed by atoms with Crippen LogP contribution < -0.4 is 9.47 Å². The number of benzene rings is 4. The number of carbonyl (C=O) groups excluding carboxylic acids is 2. The van der Waals surface area contributed by atoms with E-state index in [9.17, 15) is 9.59 Å². The third-order valence-electron chi connectivity index (χ3n) is 10.6. The third kappa shape index (κ3) is 18.8. The Kier molecular flexibility index (Phi) is 23.6. The van der Waals surface area contributed by atoms with Crippen LogP contribution >= 0.6 is 0 Å². The van der Waals surface area contributed by atoms with Gasteiger partial charge in [0.05, 0.1) is 19.8 Å². The lowest BCUT2D eigenvalue weighted by Crippen LogP contribution is -2.32. The van der Waals surface area contributed by atoms with Crippen molar-refractivity contribution in [2.24, 2.45) is 10.8 Å². The molecule has 342 valence electrons. The molecule has 0 fully saturated rings. The molecular weight excluding hydrogens is 793 g/mol. The van der Waals surface area contributed by atoms with E-state index in [1.807, 2.05) is 65.0 Å². The summed E-state index contributed by atoms with van der Waals surface area (Å²) in [5.41, 5.74) is 9.59. The molecular formula is C58H74O6. The molecule has 4 rings (SSSR count). The van der Waals surface area contributed by atoms with Gasteiger partial charge >= 0.3 is 5.97 Å². The standard InChI is InChI=1S/C54H62O6.2C2H6/c1-11-16-45-17-12-20-48(30-45)42(6)34-54(10,37-58-43(7)50-22-15-24-52(33-50)60-44(8)56)36-57-35-53(9,28-26-41(5)49-21-14-23-51(32-49)59-38-55)27-25-40(4)47-19-13-18-46(31-47)29-39(2)3;2*1-2/h11-15,17-24,30-33,38H,1-2,4-7,16,25-29,34-37H2,3,8-10H3;2*1-2H3. The van der Waals surface area contributed by atoms with Crippen LogP contribution in [-0.4, -0.2) is 32.3 Å². The number of hydrogen-bond donors (Lipinski definition) is 0. The van der Waals surface area contributed by atoms with Gasteiger partial charge in [0, 0.05) is 17.9 Å². The van der Waals surface area contributed by atoms with Gasteiger partial charge in [-0.15, -0.1) is 6.58 Å². The fraction of sp³-hybridized carbons (Fsp3) is 0.345. The number of esters is 1. The van der Waals surface area contributed by atoms with Crippen LogP contribution in [-0.2, 0) is 31.9 Å². The molecule has 0 aromatic heterocycles. The summed E-state index contributed by atoms with van der Waals surface area (Å²) in [6.07, 6.45) is 7.25. The molecule has 0 amide bonds. The molecule has 0 aliphatic heterocycles. The van der Waals surface area contributed by atoms with E-state index in [-0.39, 0.29) is 5.41 Å². The van der Waals surface area contributed by atoms with Crippen LogP contribution in [0.4, 0.5) is 0 Å². The van der Waals surface area contributed by atoms with Crippen molar-refractivity contribution in [2.75, 3.05) is 19.8 Å². The highest BCUT2D eigenvalue weighted by Crippen LogP contribution is 2.38. The molecule has 0 spiro atoms. The van der Waals surface area contributed by atoms with E-state index in [1.165, 1.54) is 18.1 Å². The van der Waals surface area contributed by atoms with Gasteiger partial charge in [0.2, 0.25) is 0 Å². The molecule has 4 aromatic rings. The normalized spacial score (nSPS) is 12.2. The van der Waals surface area contributed by atoms with Crippen molar-refractivity contribution in [1.82, 2.24) is 0 Å². The van der Waals surface area contributed by atoms with Gasteiger partial charge in [0.25, 0.3) is 6.47 Å². The Morgan fingerprint density at radius 1 is 0.625 bits per heavy atom.